The number of nitrogens with one attached hydrogen (secondary N) is 1. The third kappa shape index (κ3) is 4.13. The highest BCUT2D eigenvalue weighted by molar-refractivity contribution is 7.99. The molecule has 0 aliphatic carbocycles. The molecule has 1 atom stereocenters. The van der Waals surface area contributed by atoms with Gasteiger partial charge in [0.2, 0.25) is 5.82 Å². The highest BCUT2D eigenvalue weighted by Crippen LogP contribution is 2.31. The number of rotatable bonds is 8. The fourth-order valence-corrected chi connectivity index (χ4v) is 2.78. The molecule has 0 fully saturated rings. The summed E-state index contributed by atoms with van der Waals surface area (Å²) < 4.78 is 1.71. The van der Waals surface area contributed by atoms with Gasteiger partial charge >= 0.3 is 5.69 Å². The molecular formula is C13H24N4O2S. The number of hydrogen-bond donors (Lipinski definition) is 1. The number of nitro groups is 1. The van der Waals surface area contributed by atoms with E-state index in [1.807, 2.05) is 32.5 Å². The molecule has 1 rings (SSSR count). The zero-order valence-corrected chi connectivity index (χ0v) is 13.7. The Morgan fingerprint density at radius 2 is 2.10 bits per heavy atom. The molecule has 1 N–H and O–H groups in total. The van der Waals surface area contributed by atoms with E-state index in [0.717, 1.165) is 17.9 Å². The Hall–Kier alpha value is -1.24. The van der Waals surface area contributed by atoms with Gasteiger partial charge in [-0.15, -0.1) is 0 Å². The number of nitrogens with zero attached hydrogens (tertiary/aromatic N) is 3. The van der Waals surface area contributed by atoms with Gasteiger partial charge in [0.1, 0.15) is 5.69 Å². The second-order valence-corrected chi connectivity index (χ2v) is 6.50. The second kappa shape index (κ2) is 7.52. The molecule has 0 radical (unpaired) electrons. The van der Waals surface area contributed by atoms with Gasteiger partial charge < -0.3 is 5.32 Å². The molecule has 0 aromatic carbocycles. The van der Waals surface area contributed by atoms with Crippen molar-refractivity contribution in [2.45, 2.75) is 53.1 Å². The highest BCUT2D eigenvalue weighted by Gasteiger charge is 2.27. The number of thioether (sulfide) groups is 1. The molecule has 1 aromatic rings. The van der Waals surface area contributed by atoms with Crippen LogP contribution in [-0.4, -0.2) is 32.3 Å². The molecule has 7 heteroatoms. The van der Waals surface area contributed by atoms with Gasteiger partial charge in [-0.2, -0.15) is 16.9 Å². The van der Waals surface area contributed by atoms with E-state index in [0.29, 0.717) is 11.5 Å². The summed E-state index contributed by atoms with van der Waals surface area (Å²) in [5.41, 5.74) is 0.551. The minimum atomic E-state index is -0.350. The van der Waals surface area contributed by atoms with E-state index in [4.69, 9.17) is 0 Å². The summed E-state index contributed by atoms with van der Waals surface area (Å²) in [6, 6.07) is 0.267. The monoisotopic (exact) mass is 300 g/mol. The predicted molar refractivity (Wildman–Crippen MR) is 84.7 cm³/mol. The molecule has 1 aromatic heterocycles. The first-order valence-electron chi connectivity index (χ1n) is 6.96. The van der Waals surface area contributed by atoms with Crippen LogP contribution in [0.1, 0.15) is 45.9 Å². The molecule has 114 valence electrons. The molecule has 6 nitrogen and oxygen atoms in total. The summed E-state index contributed by atoms with van der Waals surface area (Å²) in [5.74, 6) is 2.67. The lowest BCUT2D eigenvalue weighted by Crippen LogP contribution is -2.20. The number of aromatic nitrogens is 2. The van der Waals surface area contributed by atoms with Crippen molar-refractivity contribution in [3.05, 3.63) is 15.8 Å². The average Bonchev–Trinajstić information content (AvgIpc) is 2.66. The van der Waals surface area contributed by atoms with Crippen molar-refractivity contribution in [3.63, 3.8) is 0 Å². The van der Waals surface area contributed by atoms with Crippen LogP contribution in [0.15, 0.2) is 0 Å². The molecule has 0 saturated heterocycles. The third-order valence-electron chi connectivity index (χ3n) is 3.01. The lowest BCUT2D eigenvalue weighted by Gasteiger charge is -2.17. The van der Waals surface area contributed by atoms with Crippen molar-refractivity contribution in [2.75, 3.05) is 16.8 Å². The van der Waals surface area contributed by atoms with Crippen LogP contribution in [0.5, 0.6) is 0 Å². The smallest absolute Gasteiger partial charge is 0.333 e. The summed E-state index contributed by atoms with van der Waals surface area (Å²) in [6.45, 7) is 9.80. The van der Waals surface area contributed by atoms with E-state index in [-0.39, 0.29) is 22.7 Å². The summed E-state index contributed by atoms with van der Waals surface area (Å²) >= 11 is 1.88. The molecule has 1 heterocycles. The normalized spacial score (nSPS) is 12.7. The van der Waals surface area contributed by atoms with Crippen LogP contribution in [-0.2, 0) is 0 Å². The lowest BCUT2D eigenvalue weighted by atomic mass is 10.2. The Morgan fingerprint density at radius 1 is 1.45 bits per heavy atom. The van der Waals surface area contributed by atoms with E-state index in [1.165, 1.54) is 0 Å². The first kappa shape index (κ1) is 16.8. The van der Waals surface area contributed by atoms with Crippen LogP contribution in [0.2, 0.25) is 0 Å². The van der Waals surface area contributed by atoms with Crippen molar-refractivity contribution in [1.29, 1.82) is 0 Å². The number of aryl methyl sites for hydroxylation is 1. The Labute approximate surface area is 124 Å². The maximum atomic E-state index is 11.2. The molecule has 0 aliphatic rings. The van der Waals surface area contributed by atoms with Crippen molar-refractivity contribution in [2.24, 2.45) is 0 Å². The van der Waals surface area contributed by atoms with Crippen LogP contribution in [0.4, 0.5) is 11.5 Å². The van der Waals surface area contributed by atoms with Gasteiger partial charge in [-0.1, -0.05) is 6.92 Å². The first-order chi connectivity index (χ1) is 9.38. The number of hydrogen-bond acceptors (Lipinski definition) is 5. The average molecular weight is 300 g/mol. The van der Waals surface area contributed by atoms with E-state index in [9.17, 15) is 10.1 Å². The second-order valence-electron chi connectivity index (χ2n) is 5.11. The van der Waals surface area contributed by atoms with Crippen LogP contribution in [0.3, 0.4) is 0 Å². The van der Waals surface area contributed by atoms with Gasteiger partial charge in [-0.3, -0.25) is 10.1 Å². The predicted octanol–water partition coefficient (Wildman–Crippen LogP) is 3.62. The zero-order valence-electron chi connectivity index (χ0n) is 12.8. The topological polar surface area (TPSA) is 73.0 Å². The maximum Gasteiger partial charge on any atom is 0.333 e. The Morgan fingerprint density at radius 3 is 2.60 bits per heavy atom. The van der Waals surface area contributed by atoms with Gasteiger partial charge in [0.25, 0.3) is 0 Å². The molecule has 0 spiro atoms. The van der Waals surface area contributed by atoms with Crippen LogP contribution < -0.4 is 5.32 Å². The van der Waals surface area contributed by atoms with Crippen LogP contribution >= 0.6 is 11.8 Å². The van der Waals surface area contributed by atoms with Gasteiger partial charge in [0, 0.05) is 12.1 Å². The third-order valence-corrected chi connectivity index (χ3v) is 3.94. The summed E-state index contributed by atoms with van der Waals surface area (Å²) in [5, 5.41) is 18.8. The molecule has 0 bridgehead atoms. The Kier molecular flexibility index (Phi) is 6.32. The maximum absolute atomic E-state index is 11.2. The van der Waals surface area contributed by atoms with E-state index in [2.05, 4.69) is 17.3 Å². The van der Waals surface area contributed by atoms with Crippen molar-refractivity contribution in [1.82, 2.24) is 9.78 Å². The largest absolute Gasteiger partial charge is 0.362 e. The zero-order chi connectivity index (χ0) is 15.3. The van der Waals surface area contributed by atoms with Crippen molar-refractivity contribution < 1.29 is 4.92 Å². The van der Waals surface area contributed by atoms with E-state index >= 15 is 0 Å². The lowest BCUT2D eigenvalue weighted by molar-refractivity contribution is -0.384. The minimum absolute atomic E-state index is 0.0853. The molecule has 0 amide bonds. The molecular weight excluding hydrogens is 276 g/mol. The van der Waals surface area contributed by atoms with Crippen LogP contribution in [0.25, 0.3) is 0 Å². The fraction of sp³-hybridized carbons (Fsp3) is 0.769. The summed E-state index contributed by atoms with van der Waals surface area (Å²) in [6.07, 6.45) is 0.970. The van der Waals surface area contributed by atoms with Crippen molar-refractivity contribution in [3.8, 4) is 0 Å². The van der Waals surface area contributed by atoms with E-state index in [1.54, 1.807) is 11.6 Å². The number of anilines is 1. The minimum Gasteiger partial charge on any atom is -0.362 e. The molecule has 0 aliphatic heterocycles. The fourth-order valence-electron chi connectivity index (χ4n) is 1.98. The van der Waals surface area contributed by atoms with Gasteiger partial charge in [-0.25, -0.2) is 4.68 Å². The standard InChI is InChI=1S/C13H24N4O2S/c1-6-20-8-7-10(4)14-13-12(17(18)19)11(5)15-16(13)9(2)3/h9-10,14H,6-8H2,1-5H3. The molecule has 0 saturated carbocycles. The van der Waals surface area contributed by atoms with Gasteiger partial charge in [0.05, 0.1) is 4.92 Å². The van der Waals surface area contributed by atoms with Crippen LogP contribution in [0, 0.1) is 17.0 Å². The van der Waals surface area contributed by atoms with Gasteiger partial charge in [-0.05, 0) is 45.6 Å². The summed E-state index contributed by atoms with van der Waals surface area (Å²) in [4.78, 5) is 10.9. The van der Waals surface area contributed by atoms with Crippen molar-refractivity contribution >= 4 is 23.3 Å². The SMILES string of the molecule is CCSCCC(C)Nc1c([N+](=O)[O-])c(C)nn1C(C)C. The Bertz CT molecular complexity index is 459. The Balaban J connectivity index is 2.93. The summed E-state index contributed by atoms with van der Waals surface area (Å²) in [7, 11) is 0. The van der Waals surface area contributed by atoms with E-state index < -0.39 is 0 Å². The molecule has 20 heavy (non-hydrogen) atoms. The molecule has 1 unspecified atom stereocenters. The quantitative estimate of drug-likeness (QED) is 0.451. The highest BCUT2D eigenvalue weighted by atomic mass is 32.2. The first-order valence-corrected chi connectivity index (χ1v) is 8.11. The van der Waals surface area contributed by atoms with Gasteiger partial charge in [0.15, 0.2) is 0 Å².